The van der Waals surface area contributed by atoms with Gasteiger partial charge in [0.2, 0.25) is 10.0 Å². The second-order valence-electron chi connectivity index (χ2n) is 3.30. The topological polar surface area (TPSA) is 92.7 Å². The first-order valence-electron chi connectivity index (χ1n) is 4.77. The average Bonchev–Trinajstić information content (AvgIpc) is 2.26. The first-order chi connectivity index (χ1) is 7.94. The van der Waals surface area contributed by atoms with E-state index in [1.54, 1.807) is 0 Å². The van der Waals surface area contributed by atoms with Gasteiger partial charge in [-0.15, -0.1) is 0 Å². The molecular formula is C10H13NO5S. The number of methoxy groups -OCH3 is 1. The van der Waals surface area contributed by atoms with Crippen molar-refractivity contribution in [1.82, 2.24) is 0 Å². The number of hydrogen-bond acceptors (Lipinski definition) is 4. The van der Waals surface area contributed by atoms with Crippen LogP contribution in [0.1, 0.15) is 10.4 Å². The molecule has 7 heteroatoms. The summed E-state index contributed by atoms with van der Waals surface area (Å²) >= 11 is 0. The summed E-state index contributed by atoms with van der Waals surface area (Å²) in [4.78, 5) is 10.7. The molecule has 0 bridgehead atoms. The van der Waals surface area contributed by atoms with Crippen LogP contribution in [0.15, 0.2) is 24.3 Å². The maximum atomic E-state index is 11.5. The molecule has 0 heterocycles. The maximum absolute atomic E-state index is 11.5. The second kappa shape index (κ2) is 5.65. The monoisotopic (exact) mass is 259 g/mol. The molecule has 0 unspecified atom stereocenters. The molecule has 94 valence electrons. The van der Waals surface area contributed by atoms with Crippen LogP contribution in [0.4, 0.5) is 5.69 Å². The van der Waals surface area contributed by atoms with Crippen LogP contribution in [0.3, 0.4) is 0 Å². The van der Waals surface area contributed by atoms with E-state index < -0.39 is 16.0 Å². The van der Waals surface area contributed by atoms with E-state index in [4.69, 9.17) is 5.11 Å². The SMILES string of the molecule is COCCS(=O)(=O)Nc1cccc(C(=O)O)c1. The minimum atomic E-state index is -3.51. The molecule has 0 radical (unpaired) electrons. The van der Waals surface area contributed by atoms with Gasteiger partial charge in [0.05, 0.1) is 17.9 Å². The summed E-state index contributed by atoms with van der Waals surface area (Å²) in [6.45, 7) is 0.0773. The van der Waals surface area contributed by atoms with Gasteiger partial charge >= 0.3 is 5.97 Å². The molecule has 0 fully saturated rings. The van der Waals surface area contributed by atoms with Crippen LogP contribution < -0.4 is 4.72 Å². The highest BCUT2D eigenvalue weighted by molar-refractivity contribution is 7.92. The molecule has 17 heavy (non-hydrogen) atoms. The molecular weight excluding hydrogens is 246 g/mol. The lowest BCUT2D eigenvalue weighted by molar-refractivity contribution is 0.0697. The van der Waals surface area contributed by atoms with Gasteiger partial charge in [-0.3, -0.25) is 4.72 Å². The number of benzene rings is 1. The lowest BCUT2D eigenvalue weighted by Gasteiger charge is -2.07. The second-order valence-corrected chi connectivity index (χ2v) is 5.14. The normalized spacial score (nSPS) is 11.1. The van der Waals surface area contributed by atoms with Gasteiger partial charge in [-0.25, -0.2) is 13.2 Å². The highest BCUT2D eigenvalue weighted by Gasteiger charge is 2.11. The van der Waals surface area contributed by atoms with Crippen molar-refractivity contribution in [3.63, 3.8) is 0 Å². The first kappa shape index (κ1) is 13.5. The molecule has 1 aromatic rings. The fourth-order valence-corrected chi connectivity index (χ4v) is 2.11. The van der Waals surface area contributed by atoms with Crippen LogP contribution in [-0.2, 0) is 14.8 Å². The Bertz CT molecular complexity index is 497. The van der Waals surface area contributed by atoms with Crippen LogP contribution in [-0.4, -0.2) is 39.0 Å². The average molecular weight is 259 g/mol. The van der Waals surface area contributed by atoms with Gasteiger partial charge in [0.1, 0.15) is 0 Å². The number of carboxylic acid groups (broad SMARTS) is 1. The number of carboxylic acids is 1. The Morgan fingerprint density at radius 2 is 2.18 bits per heavy atom. The Morgan fingerprint density at radius 3 is 2.76 bits per heavy atom. The molecule has 0 spiro atoms. The summed E-state index contributed by atoms with van der Waals surface area (Å²) < 4.78 is 29.9. The largest absolute Gasteiger partial charge is 0.478 e. The number of sulfonamides is 1. The van der Waals surface area contributed by atoms with E-state index in [2.05, 4.69) is 9.46 Å². The Balaban J connectivity index is 2.81. The van der Waals surface area contributed by atoms with Gasteiger partial charge in [-0.1, -0.05) is 6.07 Å². The van der Waals surface area contributed by atoms with Crippen LogP contribution in [0.5, 0.6) is 0 Å². The molecule has 0 aliphatic heterocycles. The van der Waals surface area contributed by atoms with Crippen molar-refractivity contribution in [1.29, 1.82) is 0 Å². The molecule has 0 aliphatic carbocycles. The Hall–Kier alpha value is -1.60. The van der Waals surface area contributed by atoms with E-state index in [0.717, 1.165) is 0 Å². The summed E-state index contributed by atoms with van der Waals surface area (Å²) in [5.74, 6) is -1.29. The van der Waals surface area contributed by atoms with Gasteiger partial charge in [0.25, 0.3) is 0 Å². The first-order valence-corrected chi connectivity index (χ1v) is 6.42. The Kier molecular flexibility index (Phi) is 4.47. The number of rotatable bonds is 6. The van der Waals surface area contributed by atoms with E-state index in [1.165, 1.54) is 31.4 Å². The Labute approximate surface area is 99.3 Å². The van der Waals surface area contributed by atoms with Gasteiger partial charge in [-0.2, -0.15) is 0 Å². The fourth-order valence-electron chi connectivity index (χ4n) is 1.14. The van der Waals surface area contributed by atoms with Crippen LogP contribution in [0, 0.1) is 0 Å². The molecule has 1 rings (SSSR count). The van der Waals surface area contributed by atoms with E-state index >= 15 is 0 Å². The van der Waals surface area contributed by atoms with E-state index in [1.807, 2.05) is 0 Å². The molecule has 0 saturated heterocycles. The van der Waals surface area contributed by atoms with Gasteiger partial charge in [-0.05, 0) is 18.2 Å². The van der Waals surface area contributed by atoms with Gasteiger partial charge < -0.3 is 9.84 Å². The number of hydrogen-bond donors (Lipinski definition) is 2. The van der Waals surface area contributed by atoms with Crippen molar-refractivity contribution >= 4 is 21.7 Å². The summed E-state index contributed by atoms with van der Waals surface area (Å²) in [5, 5.41) is 8.75. The standard InChI is InChI=1S/C10H13NO5S/c1-16-5-6-17(14,15)11-9-4-2-3-8(7-9)10(12)13/h2-4,7,11H,5-6H2,1H3,(H,12,13). The van der Waals surface area contributed by atoms with Crippen molar-refractivity contribution in [3.05, 3.63) is 29.8 Å². The van der Waals surface area contributed by atoms with E-state index in [9.17, 15) is 13.2 Å². The van der Waals surface area contributed by atoms with E-state index in [-0.39, 0.29) is 23.6 Å². The summed E-state index contributed by atoms with van der Waals surface area (Å²) in [7, 11) is -2.10. The van der Waals surface area contributed by atoms with E-state index in [0.29, 0.717) is 0 Å². The van der Waals surface area contributed by atoms with Crippen LogP contribution >= 0.6 is 0 Å². The predicted octanol–water partition coefficient (Wildman–Crippen LogP) is 0.773. The van der Waals surface area contributed by atoms with Crippen molar-refractivity contribution < 1.29 is 23.1 Å². The lowest BCUT2D eigenvalue weighted by Crippen LogP contribution is -2.19. The third-order valence-corrected chi connectivity index (χ3v) is 3.19. The minimum absolute atomic E-state index is 0.0249. The van der Waals surface area contributed by atoms with Crippen molar-refractivity contribution in [2.24, 2.45) is 0 Å². The lowest BCUT2D eigenvalue weighted by atomic mass is 10.2. The maximum Gasteiger partial charge on any atom is 0.335 e. The zero-order chi connectivity index (χ0) is 12.9. The zero-order valence-corrected chi connectivity index (χ0v) is 10.0. The summed E-state index contributed by atoms with van der Waals surface area (Å²) in [5.41, 5.74) is 0.248. The number of aromatic carboxylic acids is 1. The molecule has 0 amide bonds. The number of carbonyl (C=O) groups is 1. The van der Waals surface area contributed by atoms with Crippen LogP contribution in [0.2, 0.25) is 0 Å². The number of ether oxygens (including phenoxy) is 1. The quantitative estimate of drug-likeness (QED) is 0.787. The van der Waals surface area contributed by atoms with Gasteiger partial charge in [0.15, 0.2) is 0 Å². The van der Waals surface area contributed by atoms with Crippen molar-refractivity contribution in [2.45, 2.75) is 0 Å². The number of nitrogens with one attached hydrogen (secondary N) is 1. The smallest absolute Gasteiger partial charge is 0.335 e. The Morgan fingerprint density at radius 1 is 1.47 bits per heavy atom. The third-order valence-electron chi connectivity index (χ3n) is 1.94. The van der Waals surface area contributed by atoms with Gasteiger partial charge in [0, 0.05) is 12.8 Å². The van der Waals surface area contributed by atoms with Crippen LogP contribution in [0.25, 0.3) is 0 Å². The molecule has 0 aromatic heterocycles. The molecule has 6 nitrogen and oxygen atoms in total. The molecule has 2 N–H and O–H groups in total. The zero-order valence-electron chi connectivity index (χ0n) is 9.21. The predicted molar refractivity (Wildman–Crippen MR) is 62.7 cm³/mol. The minimum Gasteiger partial charge on any atom is -0.478 e. The number of anilines is 1. The molecule has 1 aromatic carbocycles. The van der Waals surface area contributed by atoms with Crippen molar-refractivity contribution in [3.8, 4) is 0 Å². The fraction of sp³-hybridized carbons (Fsp3) is 0.300. The summed E-state index contributed by atoms with van der Waals surface area (Å²) in [6, 6.07) is 5.59. The summed E-state index contributed by atoms with van der Waals surface area (Å²) in [6.07, 6.45) is 0. The molecule has 0 atom stereocenters. The molecule has 0 saturated carbocycles. The highest BCUT2D eigenvalue weighted by Crippen LogP contribution is 2.12. The third kappa shape index (κ3) is 4.41. The van der Waals surface area contributed by atoms with Crippen molar-refractivity contribution in [2.75, 3.05) is 24.2 Å². The highest BCUT2D eigenvalue weighted by atomic mass is 32.2. The molecule has 0 aliphatic rings.